The normalized spacial score (nSPS) is 19.2. The number of carbonyl (C=O) groups is 2. The van der Waals surface area contributed by atoms with E-state index in [1.54, 1.807) is 6.07 Å². The zero-order valence-corrected chi connectivity index (χ0v) is 23.3. The Hall–Kier alpha value is -1.53. The van der Waals surface area contributed by atoms with Crippen molar-refractivity contribution in [2.75, 3.05) is 31.2 Å². The van der Waals surface area contributed by atoms with Gasteiger partial charge in [-0.3, -0.25) is 19.1 Å². The van der Waals surface area contributed by atoms with Crippen molar-refractivity contribution in [3.8, 4) is 0 Å². The van der Waals surface area contributed by atoms with Gasteiger partial charge in [-0.2, -0.15) is 0 Å². The van der Waals surface area contributed by atoms with Crippen molar-refractivity contribution in [3.63, 3.8) is 0 Å². The molecule has 2 amide bonds. The molecule has 194 valence electrons. The van der Waals surface area contributed by atoms with E-state index in [9.17, 15) is 14.2 Å². The molecule has 2 heterocycles. The fourth-order valence-corrected chi connectivity index (χ4v) is 9.90. The quantitative estimate of drug-likeness (QED) is 0.156. The molecule has 2 aliphatic heterocycles. The Kier molecular flexibility index (Phi) is 10.6. The van der Waals surface area contributed by atoms with Crippen LogP contribution in [0, 0.1) is 0 Å². The van der Waals surface area contributed by atoms with Crippen LogP contribution < -0.4 is 0 Å². The van der Waals surface area contributed by atoms with Gasteiger partial charge in [0.1, 0.15) is 6.16 Å². The minimum atomic E-state index is -3.19. The molecule has 1 fully saturated rings. The van der Waals surface area contributed by atoms with E-state index in [1.807, 2.05) is 58.0 Å². The Bertz CT molecular complexity index is 1060. The topological polar surface area (TPSA) is 63.7 Å². The van der Waals surface area contributed by atoms with Crippen molar-refractivity contribution in [2.24, 2.45) is 0 Å². The molecule has 2 atom stereocenters. The molecular weight excluding hydrogens is 509 g/mol. The number of nitrogens with zero attached hydrogens (tertiary/aromatic N) is 1. The van der Waals surface area contributed by atoms with Crippen LogP contribution in [0.1, 0.15) is 60.0 Å². The molecule has 0 bridgehead atoms. The number of rotatable bonds is 13. The standard InChI is InChI=1S/C28H36NO4PS2/c30-27(29-18-16-24-13-4-5-15-26(24)28(29)31)22-34(32,20-9-7-12-23-10-2-1-3-11-23)33-19-8-6-14-25-17-21-35-36-25/h1-5,10-11,13,15,25H,6-9,12,14,16-22H2. The smallest absolute Gasteiger partial charge is 0.260 e. The summed E-state index contributed by atoms with van der Waals surface area (Å²) in [6.45, 7) is 0.740. The maximum Gasteiger partial charge on any atom is 0.260 e. The molecule has 1 saturated heterocycles. The molecule has 0 aromatic heterocycles. The zero-order chi connectivity index (χ0) is 25.2. The Labute approximate surface area is 223 Å². The van der Waals surface area contributed by atoms with Crippen molar-refractivity contribution in [1.82, 2.24) is 4.90 Å². The number of fused-ring (bicyclic) bond motifs is 1. The van der Waals surface area contributed by atoms with E-state index in [-0.39, 0.29) is 18.0 Å². The summed E-state index contributed by atoms with van der Waals surface area (Å²) >= 11 is 0. The molecule has 2 unspecified atom stereocenters. The lowest BCUT2D eigenvalue weighted by molar-refractivity contribution is -0.126. The number of unbranched alkanes of at least 4 members (excludes halogenated alkanes) is 2. The maximum absolute atomic E-state index is 13.9. The fourth-order valence-electron chi connectivity index (χ4n) is 4.74. The van der Waals surface area contributed by atoms with Gasteiger partial charge >= 0.3 is 0 Å². The first kappa shape index (κ1) is 27.5. The van der Waals surface area contributed by atoms with Crippen LogP contribution >= 0.6 is 29.0 Å². The Balaban J connectivity index is 1.32. The van der Waals surface area contributed by atoms with Crippen LogP contribution in [-0.4, -0.2) is 53.2 Å². The van der Waals surface area contributed by atoms with Crippen LogP contribution in [0.15, 0.2) is 54.6 Å². The van der Waals surface area contributed by atoms with E-state index in [0.29, 0.717) is 31.3 Å². The molecule has 0 saturated carbocycles. The summed E-state index contributed by atoms with van der Waals surface area (Å²) in [6, 6.07) is 17.7. The van der Waals surface area contributed by atoms with Gasteiger partial charge < -0.3 is 4.52 Å². The predicted molar refractivity (Wildman–Crippen MR) is 151 cm³/mol. The van der Waals surface area contributed by atoms with Crippen molar-refractivity contribution < 1.29 is 18.7 Å². The van der Waals surface area contributed by atoms with Crippen molar-refractivity contribution in [1.29, 1.82) is 0 Å². The third kappa shape index (κ3) is 7.98. The molecule has 2 aliphatic rings. The predicted octanol–water partition coefficient (Wildman–Crippen LogP) is 6.85. The number of aryl methyl sites for hydroxylation is 1. The number of hydrogen-bond acceptors (Lipinski definition) is 6. The first-order valence-corrected chi connectivity index (χ1v) is 17.4. The van der Waals surface area contributed by atoms with Gasteiger partial charge in [-0.1, -0.05) is 76.5 Å². The summed E-state index contributed by atoms with van der Waals surface area (Å²) < 4.78 is 19.9. The molecule has 2 aromatic carbocycles. The summed E-state index contributed by atoms with van der Waals surface area (Å²) in [4.78, 5) is 27.4. The molecule has 5 nitrogen and oxygen atoms in total. The summed E-state index contributed by atoms with van der Waals surface area (Å²) in [5.74, 6) is 0.566. The van der Waals surface area contributed by atoms with Crippen molar-refractivity contribution >= 4 is 40.8 Å². The monoisotopic (exact) mass is 545 g/mol. The highest BCUT2D eigenvalue weighted by Crippen LogP contribution is 2.48. The SMILES string of the molecule is O=C(CP(=O)(CCCCc1ccccc1)OCCCCC1CCSS1)N1CCc2ccccc2C1=O. The molecule has 8 heteroatoms. The first-order chi connectivity index (χ1) is 17.5. The number of imide groups is 1. The Morgan fingerprint density at radius 3 is 2.64 bits per heavy atom. The second kappa shape index (κ2) is 13.9. The van der Waals surface area contributed by atoms with Gasteiger partial charge in [0.2, 0.25) is 13.3 Å². The molecule has 0 N–H and O–H groups in total. The molecule has 2 aromatic rings. The van der Waals surface area contributed by atoms with Gasteiger partial charge in [0.25, 0.3) is 5.91 Å². The molecule has 36 heavy (non-hydrogen) atoms. The number of carbonyl (C=O) groups excluding carboxylic acids is 2. The average Bonchev–Trinajstić information content (AvgIpc) is 3.41. The largest absolute Gasteiger partial charge is 0.328 e. The van der Waals surface area contributed by atoms with Crippen LogP contribution in [0.4, 0.5) is 0 Å². The molecular formula is C28H36NO4PS2. The van der Waals surface area contributed by atoms with Gasteiger partial charge in [0.05, 0.1) is 6.61 Å². The lowest BCUT2D eigenvalue weighted by Crippen LogP contribution is -2.43. The summed E-state index contributed by atoms with van der Waals surface area (Å²) in [5.41, 5.74) is 2.79. The van der Waals surface area contributed by atoms with Crippen LogP contribution in [0.25, 0.3) is 0 Å². The van der Waals surface area contributed by atoms with Gasteiger partial charge in [-0.25, -0.2) is 0 Å². The van der Waals surface area contributed by atoms with E-state index in [0.717, 1.165) is 49.3 Å². The first-order valence-electron chi connectivity index (χ1n) is 13.0. The van der Waals surface area contributed by atoms with E-state index in [4.69, 9.17) is 4.52 Å². The van der Waals surface area contributed by atoms with Gasteiger partial charge in [0.15, 0.2) is 0 Å². The van der Waals surface area contributed by atoms with E-state index >= 15 is 0 Å². The summed E-state index contributed by atoms with van der Waals surface area (Å²) in [6.07, 6.45) is 7.65. The minimum absolute atomic E-state index is 0.193. The third-order valence-corrected chi connectivity index (χ3v) is 12.2. The second-order valence-corrected chi connectivity index (χ2v) is 15.0. The fraction of sp³-hybridized carbons (Fsp3) is 0.500. The van der Waals surface area contributed by atoms with Crippen molar-refractivity contribution in [2.45, 2.75) is 56.6 Å². The van der Waals surface area contributed by atoms with E-state index < -0.39 is 7.37 Å². The highest BCUT2D eigenvalue weighted by Gasteiger charge is 2.34. The van der Waals surface area contributed by atoms with Gasteiger partial charge in [-0.15, -0.1) is 0 Å². The molecule has 0 spiro atoms. The minimum Gasteiger partial charge on any atom is -0.328 e. The highest BCUT2D eigenvalue weighted by atomic mass is 33.1. The Morgan fingerprint density at radius 2 is 1.83 bits per heavy atom. The molecule has 0 aliphatic carbocycles. The molecule has 0 radical (unpaired) electrons. The lowest BCUT2D eigenvalue weighted by atomic mass is 9.99. The second-order valence-electron chi connectivity index (χ2n) is 9.55. The van der Waals surface area contributed by atoms with Crippen molar-refractivity contribution in [3.05, 3.63) is 71.3 Å². The van der Waals surface area contributed by atoms with Crippen LogP contribution in [0.2, 0.25) is 0 Å². The Morgan fingerprint density at radius 1 is 1.03 bits per heavy atom. The molecule has 4 rings (SSSR count). The highest BCUT2D eigenvalue weighted by molar-refractivity contribution is 8.77. The van der Waals surface area contributed by atoms with E-state index in [2.05, 4.69) is 12.1 Å². The van der Waals surface area contributed by atoms with Crippen LogP contribution in [0.3, 0.4) is 0 Å². The third-order valence-electron chi connectivity index (χ3n) is 6.81. The van der Waals surface area contributed by atoms with Gasteiger partial charge in [0, 0.05) is 29.3 Å². The average molecular weight is 546 g/mol. The summed E-state index contributed by atoms with van der Waals surface area (Å²) in [7, 11) is 0.731. The lowest BCUT2D eigenvalue weighted by Gasteiger charge is -2.28. The van der Waals surface area contributed by atoms with Crippen LogP contribution in [-0.2, 0) is 26.7 Å². The number of benzene rings is 2. The zero-order valence-electron chi connectivity index (χ0n) is 20.8. The van der Waals surface area contributed by atoms with E-state index in [1.165, 1.54) is 22.6 Å². The summed E-state index contributed by atoms with van der Waals surface area (Å²) in [5, 5.41) is 0.717. The van der Waals surface area contributed by atoms with Gasteiger partial charge in [-0.05, 0) is 62.1 Å². The number of amides is 2. The number of hydrogen-bond donors (Lipinski definition) is 0. The maximum atomic E-state index is 13.9. The van der Waals surface area contributed by atoms with Crippen LogP contribution in [0.5, 0.6) is 0 Å².